The highest BCUT2D eigenvalue weighted by Crippen LogP contribution is 2.27. The van der Waals surface area contributed by atoms with E-state index in [1.165, 1.54) is 0 Å². The van der Waals surface area contributed by atoms with Crippen molar-refractivity contribution in [2.24, 2.45) is 0 Å². The molecule has 1 rings (SSSR count). The number of allylic oxidation sites excluding steroid dienone is 1. The third-order valence-corrected chi connectivity index (χ3v) is 2.23. The van der Waals surface area contributed by atoms with Gasteiger partial charge in [-0.1, -0.05) is 6.08 Å². The number of hydrogen-bond donors (Lipinski definition) is 0. The van der Waals surface area contributed by atoms with Crippen molar-refractivity contribution in [1.82, 2.24) is 0 Å². The van der Waals surface area contributed by atoms with Gasteiger partial charge in [0.25, 0.3) is 0 Å². The summed E-state index contributed by atoms with van der Waals surface area (Å²) in [6.45, 7) is 7.34. The van der Waals surface area contributed by atoms with Gasteiger partial charge in [-0.15, -0.1) is 6.58 Å². The van der Waals surface area contributed by atoms with Crippen LogP contribution in [0.5, 0.6) is 0 Å². The van der Waals surface area contributed by atoms with Gasteiger partial charge in [-0.2, -0.15) is 0 Å². The average molecular weight is 198 g/mol. The smallest absolute Gasteiger partial charge is 0.164 e. The van der Waals surface area contributed by atoms with Crippen LogP contribution in [0.25, 0.3) is 0 Å². The Balaban J connectivity index is 2.51. The number of hydrogen-bond acceptors (Lipinski definition) is 3. The molecule has 0 amide bonds. The topological polar surface area (TPSA) is 35.5 Å². The maximum Gasteiger partial charge on any atom is 0.164 e. The molecule has 1 heterocycles. The number of aldehydes is 1. The Labute approximate surface area is 85.1 Å². The van der Waals surface area contributed by atoms with E-state index < -0.39 is 5.79 Å². The average Bonchev–Trinajstić information content (AvgIpc) is 2.12. The Morgan fingerprint density at radius 1 is 1.50 bits per heavy atom. The Morgan fingerprint density at radius 3 is 2.79 bits per heavy atom. The zero-order valence-corrected chi connectivity index (χ0v) is 8.86. The Hall–Kier alpha value is -0.670. The molecule has 1 saturated heterocycles. The molecule has 0 saturated carbocycles. The summed E-state index contributed by atoms with van der Waals surface area (Å²) in [5.41, 5.74) is 0. The molecule has 1 aliphatic heterocycles. The molecule has 0 spiro atoms. The lowest BCUT2D eigenvalue weighted by Gasteiger charge is -2.38. The highest BCUT2D eigenvalue weighted by atomic mass is 16.7. The molecule has 80 valence electrons. The Morgan fingerprint density at radius 2 is 2.21 bits per heavy atom. The minimum absolute atomic E-state index is 0.104. The molecule has 14 heavy (non-hydrogen) atoms. The van der Waals surface area contributed by atoms with Crippen LogP contribution in [0.2, 0.25) is 0 Å². The molecule has 0 unspecified atom stereocenters. The van der Waals surface area contributed by atoms with Crippen molar-refractivity contribution in [2.45, 2.75) is 51.1 Å². The summed E-state index contributed by atoms with van der Waals surface area (Å²) >= 11 is 0. The van der Waals surface area contributed by atoms with E-state index in [1.54, 1.807) is 0 Å². The zero-order chi connectivity index (χ0) is 10.6. The van der Waals surface area contributed by atoms with Gasteiger partial charge >= 0.3 is 0 Å². The first kappa shape index (κ1) is 11.4. The fourth-order valence-electron chi connectivity index (χ4n) is 1.71. The molecular formula is C11H18O3. The molecular weight excluding hydrogens is 180 g/mol. The van der Waals surface area contributed by atoms with Crippen LogP contribution in [0.3, 0.4) is 0 Å². The maximum absolute atomic E-state index is 10.7. The van der Waals surface area contributed by atoms with E-state index in [-0.39, 0.29) is 12.2 Å². The molecule has 0 N–H and O–H groups in total. The van der Waals surface area contributed by atoms with Crippen molar-refractivity contribution < 1.29 is 14.3 Å². The van der Waals surface area contributed by atoms with Crippen molar-refractivity contribution >= 4 is 6.29 Å². The fraction of sp³-hybridized carbons (Fsp3) is 0.727. The first-order valence-corrected chi connectivity index (χ1v) is 4.99. The van der Waals surface area contributed by atoms with E-state index in [0.29, 0.717) is 6.42 Å². The first-order chi connectivity index (χ1) is 6.57. The van der Waals surface area contributed by atoms with Crippen LogP contribution in [0.15, 0.2) is 12.7 Å². The summed E-state index contributed by atoms with van der Waals surface area (Å²) in [5, 5.41) is 0. The number of carbonyl (C=O) groups excluding carboxylic acids is 1. The SMILES string of the molecule is C=CCC[C@H]1C[C@@H](C=O)OC(C)(C)O1. The summed E-state index contributed by atoms with van der Waals surface area (Å²) in [7, 11) is 0. The van der Waals surface area contributed by atoms with E-state index in [2.05, 4.69) is 6.58 Å². The molecule has 0 aromatic carbocycles. The van der Waals surface area contributed by atoms with Gasteiger partial charge in [-0.05, 0) is 26.7 Å². The third kappa shape index (κ3) is 3.24. The van der Waals surface area contributed by atoms with Gasteiger partial charge in [0, 0.05) is 6.42 Å². The van der Waals surface area contributed by atoms with Crippen LogP contribution in [-0.4, -0.2) is 24.3 Å². The molecule has 0 bridgehead atoms. The molecule has 2 atom stereocenters. The first-order valence-electron chi connectivity index (χ1n) is 4.99. The lowest BCUT2D eigenvalue weighted by Crippen LogP contribution is -2.45. The van der Waals surface area contributed by atoms with Gasteiger partial charge in [-0.25, -0.2) is 0 Å². The summed E-state index contributed by atoms with van der Waals surface area (Å²) in [5.74, 6) is -0.643. The number of rotatable bonds is 4. The molecule has 1 fully saturated rings. The number of carbonyl (C=O) groups is 1. The minimum atomic E-state index is -0.643. The molecule has 0 aromatic rings. The van der Waals surface area contributed by atoms with Crippen LogP contribution >= 0.6 is 0 Å². The highest BCUT2D eigenvalue weighted by molar-refractivity contribution is 5.56. The van der Waals surface area contributed by atoms with Gasteiger partial charge in [0.15, 0.2) is 5.79 Å². The van der Waals surface area contributed by atoms with Gasteiger partial charge in [-0.3, -0.25) is 0 Å². The van der Waals surface area contributed by atoms with E-state index >= 15 is 0 Å². The largest absolute Gasteiger partial charge is 0.347 e. The predicted molar refractivity (Wildman–Crippen MR) is 53.9 cm³/mol. The van der Waals surface area contributed by atoms with Gasteiger partial charge in [0.2, 0.25) is 0 Å². The molecule has 0 radical (unpaired) electrons. The Bertz CT molecular complexity index is 211. The second kappa shape index (κ2) is 4.71. The van der Waals surface area contributed by atoms with Crippen LogP contribution in [0.4, 0.5) is 0 Å². The van der Waals surface area contributed by atoms with Crippen LogP contribution in [-0.2, 0) is 14.3 Å². The molecule has 0 aliphatic carbocycles. The van der Waals surface area contributed by atoms with E-state index in [9.17, 15) is 4.79 Å². The van der Waals surface area contributed by atoms with Crippen molar-refractivity contribution in [1.29, 1.82) is 0 Å². The van der Waals surface area contributed by atoms with Gasteiger partial charge in [0.05, 0.1) is 6.10 Å². The second-order valence-electron chi connectivity index (χ2n) is 4.03. The predicted octanol–water partition coefficient (Wildman–Crippen LogP) is 2.06. The van der Waals surface area contributed by atoms with Crippen LogP contribution in [0.1, 0.15) is 33.1 Å². The standard InChI is InChI=1S/C11H18O3/c1-4-5-6-9-7-10(8-12)14-11(2,3)13-9/h4,8-10H,1,5-7H2,2-3H3/t9-,10-/m0/s1. The maximum atomic E-state index is 10.7. The summed E-state index contributed by atoms with van der Waals surface area (Å²) < 4.78 is 11.1. The number of ether oxygens (including phenoxy) is 2. The van der Waals surface area contributed by atoms with Crippen LogP contribution in [0, 0.1) is 0 Å². The molecule has 1 aliphatic rings. The van der Waals surface area contributed by atoms with Gasteiger partial charge in [0.1, 0.15) is 12.4 Å². The molecule has 3 nitrogen and oxygen atoms in total. The van der Waals surface area contributed by atoms with Gasteiger partial charge < -0.3 is 14.3 Å². The van der Waals surface area contributed by atoms with E-state index in [0.717, 1.165) is 19.1 Å². The quantitative estimate of drug-likeness (QED) is 0.512. The van der Waals surface area contributed by atoms with Crippen molar-refractivity contribution in [3.8, 4) is 0 Å². The third-order valence-electron chi connectivity index (χ3n) is 2.23. The molecule has 3 heteroatoms. The summed E-state index contributed by atoms with van der Waals surface area (Å²) in [4.78, 5) is 10.7. The highest BCUT2D eigenvalue weighted by Gasteiger charge is 2.34. The molecule has 0 aromatic heterocycles. The lowest BCUT2D eigenvalue weighted by atomic mass is 10.0. The monoisotopic (exact) mass is 198 g/mol. The zero-order valence-electron chi connectivity index (χ0n) is 8.86. The minimum Gasteiger partial charge on any atom is -0.347 e. The van der Waals surface area contributed by atoms with Crippen LogP contribution < -0.4 is 0 Å². The van der Waals surface area contributed by atoms with Crippen molar-refractivity contribution in [2.75, 3.05) is 0 Å². The van der Waals surface area contributed by atoms with Crippen molar-refractivity contribution in [3.63, 3.8) is 0 Å². The normalized spacial score (nSPS) is 31.0. The summed E-state index contributed by atoms with van der Waals surface area (Å²) in [6.07, 6.45) is 4.96. The van der Waals surface area contributed by atoms with E-state index in [1.807, 2.05) is 19.9 Å². The second-order valence-corrected chi connectivity index (χ2v) is 4.03. The van der Waals surface area contributed by atoms with Crippen molar-refractivity contribution in [3.05, 3.63) is 12.7 Å². The summed E-state index contributed by atoms with van der Waals surface area (Å²) in [6, 6.07) is 0. The lowest BCUT2D eigenvalue weighted by molar-refractivity contribution is -0.291. The fourth-order valence-corrected chi connectivity index (χ4v) is 1.71. The Kier molecular flexibility index (Phi) is 3.84. The van der Waals surface area contributed by atoms with E-state index in [4.69, 9.17) is 9.47 Å².